The van der Waals surface area contributed by atoms with Gasteiger partial charge in [0.1, 0.15) is 0 Å². The number of nitrogens with one attached hydrogen (secondary N) is 1. The lowest BCUT2D eigenvalue weighted by Crippen LogP contribution is -2.60. The maximum atomic E-state index is 3.76. The molecule has 0 spiro atoms. The highest BCUT2D eigenvalue weighted by Gasteiger charge is 2.33. The summed E-state index contributed by atoms with van der Waals surface area (Å²) < 4.78 is 0. The Kier molecular flexibility index (Phi) is 5.87. The second-order valence-corrected chi connectivity index (χ2v) is 7.13. The van der Waals surface area contributed by atoms with Crippen LogP contribution in [0.25, 0.3) is 0 Å². The van der Waals surface area contributed by atoms with Crippen molar-refractivity contribution in [1.82, 2.24) is 10.2 Å². The molecule has 0 amide bonds. The first-order chi connectivity index (χ1) is 8.34. The van der Waals surface area contributed by atoms with Crippen molar-refractivity contribution in [3.63, 3.8) is 0 Å². The molecule has 0 radical (unpaired) electrons. The van der Waals surface area contributed by atoms with E-state index in [4.69, 9.17) is 0 Å². The molecule has 2 atom stereocenters. The van der Waals surface area contributed by atoms with E-state index in [-0.39, 0.29) is 0 Å². The highest BCUT2D eigenvalue weighted by molar-refractivity contribution is 4.95. The van der Waals surface area contributed by atoms with Gasteiger partial charge in [0.25, 0.3) is 0 Å². The number of piperazine rings is 1. The molecular formula is C16H32N2. The molecule has 1 heterocycles. The lowest BCUT2D eigenvalue weighted by Gasteiger charge is -2.45. The van der Waals surface area contributed by atoms with Gasteiger partial charge in [0, 0.05) is 31.7 Å². The summed E-state index contributed by atoms with van der Waals surface area (Å²) in [6, 6.07) is 1.30. The molecule has 18 heavy (non-hydrogen) atoms. The van der Waals surface area contributed by atoms with Crippen molar-refractivity contribution in [2.75, 3.05) is 19.6 Å². The summed E-state index contributed by atoms with van der Waals surface area (Å²) >= 11 is 0. The van der Waals surface area contributed by atoms with Gasteiger partial charge in [0.2, 0.25) is 0 Å². The topological polar surface area (TPSA) is 15.3 Å². The van der Waals surface area contributed by atoms with E-state index in [0.29, 0.717) is 17.5 Å². The average Bonchev–Trinajstić information content (AvgIpc) is 2.25. The van der Waals surface area contributed by atoms with Gasteiger partial charge in [0.15, 0.2) is 0 Å². The molecule has 1 N–H and O–H groups in total. The molecule has 0 aromatic rings. The van der Waals surface area contributed by atoms with Crippen molar-refractivity contribution in [2.45, 2.75) is 60.0 Å². The van der Waals surface area contributed by atoms with Gasteiger partial charge >= 0.3 is 0 Å². The molecule has 1 fully saturated rings. The van der Waals surface area contributed by atoms with Crippen LogP contribution in [0.4, 0.5) is 0 Å². The fraction of sp³-hybridized carbons (Fsp3) is 0.875. The minimum Gasteiger partial charge on any atom is -0.311 e. The van der Waals surface area contributed by atoms with E-state index in [1.165, 1.54) is 13.0 Å². The Hall–Kier alpha value is -0.340. The average molecular weight is 252 g/mol. The van der Waals surface area contributed by atoms with E-state index in [1.807, 2.05) is 0 Å². The van der Waals surface area contributed by atoms with Crippen molar-refractivity contribution in [3.8, 4) is 0 Å². The monoisotopic (exact) mass is 252 g/mol. The fourth-order valence-corrected chi connectivity index (χ4v) is 2.68. The van der Waals surface area contributed by atoms with E-state index in [1.54, 1.807) is 0 Å². The maximum absolute atomic E-state index is 3.76. The first kappa shape index (κ1) is 15.7. The Morgan fingerprint density at radius 3 is 2.50 bits per heavy atom. The van der Waals surface area contributed by atoms with E-state index < -0.39 is 0 Å². The number of nitrogens with zero attached hydrogens (tertiary/aromatic N) is 1. The highest BCUT2D eigenvalue weighted by atomic mass is 15.2. The smallest absolute Gasteiger partial charge is 0.0244 e. The summed E-state index contributed by atoms with van der Waals surface area (Å²) in [4.78, 5) is 2.66. The summed E-state index contributed by atoms with van der Waals surface area (Å²) in [5, 5.41) is 3.76. The minimum atomic E-state index is 0.344. The van der Waals surface area contributed by atoms with E-state index in [0.717, 1.165) is 19.0 Å². The Labute approximate surface area is 114 Å². The summed E-state index contributed by atoms with van der Waals surface area (Å²) in [6.45, 7) is 17.2. The van der Waals surface area contributed by atoms with Crippen LogP contribution in [-0.2, 0) is 0 Å². The van der Waals surface area contributed by atoms with Crippen molar-refractivity contribution < 1.29 is 0 Å². The standard InChI is InChI=1S/C16H32N2/c1-7-8-9-18-12-15(16(4,5)6)17-11-14(18)10-13(2)3/h7-8,13-15,17H,9-12H2,1-6H3/b8-7+. The van der Waals surface area contributed by atoms with Crippen LogP contribution in [0.1, 0.15) is 48.0 Å². The zero-order valence-corrected chi connectivity index (χ0v) is 13.2. The quantitative estimate of drug-likeness (QED) is 0.772. The van der Waals surface area contributed by atoms with Crippen LogP contribution in [-0.4, -0.2) is 36.6 Å². The number of allylic oxidation sites excluding steroid dienone is 1. The van der Waals surface area contributed by atoms with Crippen LogP contribution in [0.15, 0.2) is 12.2 Å². The van der Waals surface area contributed by atoms with Crippen LogP contribution in [0.5, 0.6) is 0 Å². The zero-order valence-electron chi connectivity index (χ0n) is 13.2. The summed E-state index contributed by atoms with van der Waals surface area (Å²) in [6.07, 6.45) is 5.75. The lowest BCUT2D eigenvalue weighted by atomic mass is 9.84. The molecule has 1 saturated heterocycles. The first-order valence-electron chi connectivity index (χ1n) is 7.43. The normalized spacial score (nSPS) is 27.3. The molecule has 0 bridgehead atoms. The highest BCUT2D eigenvalue weighted by Crippen LogP contribution is 2.25. The molecule has 106 valence electrons. The van der Waals surface area contributed by atoms with Gasteiger partial charge in [-0.3, -0.25) is 4.90 Å². The molecular weight excluding hydrogens is 220 g/mol. The van der Waals surface area contributed by atoms with E-state index in [2.05, 4.69) is 63.9 Å². The van der Waals surface area contributed by atoms with Crippen molar-refractivity contribution in [2.24, 2.45) is 11.3 Å². The van der Waals surface area contributed by atoms with Gasteiger partial charge < -0.3 is 5.32 Å². The predicted molar refractivity (Wildman–Crippen MR) is 80.9 cm³/mol. The van der Waals surface area contributed by atoms with E-state index in [9.17, 15) is 0 Å². The Morgan fingerprint density at radius 2 is 2.00 bits per heavy atom. The van der Waals surface area contributed by atoms with E-state index >= 15 is 0 Å². The molecule has 1 aliphatic rings. The van der Waals surface area contributed by atoms with Crippen LogP contribution >= 0.6 is 0 Å². The minimum absolute atomic E-state index is 0.344. The Bertz CT molecular complexity index is 263. The maximum Gasteiger partial charge on any atom is 0.0244 e. The third-order valence-electron chi connectivity index (χ3n) is 3.90. The molecule has 2 unspecified atom stereocenters. The van der Waals surface area contributed by atoms with Crippen LogP contribution in [0, 0.1) is 11.3 Å². The van der Waals surface area contributed by atoms with Gasteiger partial charge in [-0.25, -0.2) is 0 Å². The zero-order chi connectivity index (χ0) is 13.8. The number of hydrogen-bond donors (Lipinski definition) is 1. The number of rotatable bonds is 4. The van der Waals surface area contributed by atoms with Gasteiger partial charge in [-0.2, -0.15) is 0 Å². The molecule has 0 saturated carbocycles. The molecule has 0 aliphatic carbocycles. The molecule has 1 aliphatic heterocycles. The summed E-state index contributed by atoms with van der Waals surface area (Å²) in [5.74, 6) is 0.774. The summed E-state index contributed by atoms with van der Waals surface area (Å²) in [5.41, 5.74) is 0.344. The van der Waals surface area contributed by atoms with Crippen molar-refractivity contribution in [3.05, 3.63) is 12.2 Å². The molecule has 1 rings (SSSR count). The second-order valence-electron chi connectivity index (χ2n) is 7.13. The largest absolute Gasteiger partial charge is 0.311 e. The van der Waals surface area contributed by atoms with Crippen LogP contribution in [0.2, 0.25) is 0 Å². The third-order valence-corrected chi connectivity index (χ3v) is 3.90. The van der Waals surface area contributed by atoms with Gasteiger partial charge in [-0.05, 0) is 24.7 Å². The molecule has 2 heteroatoms. The Morgan fingerprint density at radius 1 is 1.33 bits per heavy atom. The molecule has 2 nitrogen and oxygen atoms in total. The van der Waals surface area contributed by atoms with Crippen molar-refractivity contribution >= 4 is 0 Å². The Balaban J connectivity index is 2.66. The number of hydrogen-bond acceptors (Lipinski definition) is 2. The predicted octanol–water partition coefficient (Wildman–Crippen LogP) is 3.30. The second kappa shape index (κ2) is 6.72. The summed E-state index contributed by atoms with van der Waals surface area (Å²) in [7, 11) is 0. The van der Waals surface area contributed by atoms with Crippen molar-refractivity contribution in [1.29, 1.82) is 0 Å². The SMILES string of the molecule is C/C=C/CN1CC(C(C)(C)C)NCC1CC(C)C. The van der Waals surface area contributed by atoms with Crippen LogP contribution in [0.3, 0.4) is 0 Å². The van der Waals surface area contributed by atoms with Crippen LogP contribution < -0.4 is 5.32 Å². The molecule has 0 aromatic heterocycles. The lowest BCUT2D eigenvalue weighted by molar-refractivity contribution is 0.0850. The van der Waals surface area contributed by atoms with Gasteiger partial charge in [-0.15, -0.1) is 0 Å². The molecule has 0 aromatic carbocycles. The fourth-order valence-electron chi connectivity index (χ4n) is 2.68. The van der Waals surface area contributed by atoms with Gasteiger partial charge in [0.05, 0.1) is 0 Å². The third kappa shape index (κ3) is 4.74. The van der Waals surface area contributed by atoms with Gasteiger partial charge in [-0.1, -0.05) is 46.8 Å². The first-order valence-corrected chi connectivity index (χ1v) is 7.43.